The Hall–Kier alpha value is -1.81. The van der Waals surface area contributed by atoms with Crippen LogP contribution >= 0.6 is 0 Å². The fraction of sp³-hybridized carbons (Fsp3) is 0.650. The Morgan fingerprint density at radius 1 is 1.19 bits per heavy atom. The highest BCUT2D eigenvalue weighted by molar-refractivity contribution is 5.46. The summed E-state index contributed by atoms with van der Waals surface area (Å²) in [5.41, 5.74) is 0.575. The molecule has 2 heterocycles. The summed E-state index contributed by atoms with van der Waals surface area (Å²) < 4.78 is 22.6. The average molecular weight is 360 g/mol. The molecule has 142 valence electrons. The molecule has 1 atom stereocenters. The van der Waals surface area contributed by atoms with Crippen LogP contribution in [0.1, 0.15) is 18.4 Å². The first-order chi connectivity index (χ1) is 12.8. The van der Waals surface area contributed by atoms with Gasteiger partial charge in [0.05, 0.1) is 51.8 Å². The molecule has 6 nitrogen and oxygen atoms in total. The van der Waals surface area contributed by atoms with Crippen LogP contribution in [-0.4, -0.2) is 64.7 Å². The summed E-state index contributed by atoms with van der Waals surface area (Å²) in [6.45, 7) is 6.86. The molecule has 0 amide bonds. The third kappa shape index (κ3) is 5.34. The zero-order valence-corrected chi connectivity index (χ0v) is 15.5. The van der Waals surface area contributed by atoms with Crippen LogP contribution in [-0.2, 0) is 9.47 Å². The van der Waals surface area contributed by atoms with Gasteiger partial charge in [0.25, 0.3) is 0 Å². The van der Waals surface area contributed by atoms with E-state index in [9.17, 15) is 0 Å². The highest BCUT2D eigenvalue weighted by Crippen LogP contribution is 2.29. The molecule has 3 rings (SSSR count). The van der Waals surface area contributed by atoms with Gasteiger partial charge in [-0.25, -0.2) is 0 Å². The van der Waals surface area contributed by atoms with E-state index in [1.165, 1.54) is 12.8 Å². The minimum Gasteiger partial charge on any atom is -0.493 e. The third-order valence-electron chi connectivity index (χ3n) is 4.97. The number of methoxy groups -OCH3 is 1. The molecule has 2 fully saturated rings. The maximum atomic E-state index is 8.99. The van der Waals surface area contributed by atoms with E-state index in [0.717, 1.165) is 32.8 Å². The van der Waals surface area contributed by atoms with E-state index < -0.39 is 0 Å². The number of hydrogen-bond donors (Lipinski definition) is 0. The highest BCUT2D eigenvalue weighted by atomic mass is 16.5. The van der Waals surface area contributed by atoms with E-state index in [-0.39, 0.29) is 0 Å². The van der Waals surface area contributed by atoms with Gasteiger partial charge in [0.1, 0.15) is 0 Å². The van der Waals surface area contributed by atoms with Crippen LogP contribution in [0.4, 0.5) is 0 Å². The SMILES string of the molecule is COc1cc(C#N)ccc1OCC1CCCN(CC2COCCOC2)C1. The fourth-order valence-electron chi connectivity index (χ4n) is 3.65. The molecule has 26 heavy (non-hydrogen) atoms. The molecule has 2 aliphatic rings. The van der Waals surface area contributed by atoms with Crippen molar-refractivity contribution in [1.82, 2.24) is 4.90 Å². The molecule has 0 saturated carbocycles. The summed E-state index contributed by atoms with van der Waals surface area (Å²) in [6.07, 6.45) is 2.36. The number of ether oxygens (including phenoxy) is 4. The van der Waals surface area contributed by atoms with Gasteiger partial charge < -0.3 is 23.8 Å². The lowest BCUT2D eigenvalue weighted by Crippen LogP contribution is -2.41. The first-order valence-corrected chi connectivity index (χ1v) is 9.37. The number of likely N-dealkylation sites (tertiary alicyclic amines) is 1. The Morgan fingerprint density at radius 3 is 2.73 bits per heavy atom. The van der Waals surface area contributed by atoms with E-state index in [4.69, 9.17) is 24.2 Å². The number of nitrogens with zero attached hydrogens (tertiary/aromatic N) is 2. The molecule has 2 saturated heterocycles. The lowest BCUT2D eigenvalue weighted by Gasteiger charge is -2.34. The van der Waals surface area contributed by atoms with Gasteiger partial charge in [-0.05, 0) is 31.5 Å². The second-order valence-corrected chi connectivity index (χ2v) is 7.07. The topological polar surface area (TPSA) is 64.0 Å². The van der Waals surface area contributed by atoms with Gasteiger partial charge in [-0.15, -0.1) is 0 Å². The molecule has 1 aromatic carbocycles. The quantitative estimate of drug-likeness (QED) is 0.776. The van der Waals surface area contributed by atoms with E-state index in [2.05, 4.69) is 11.0 Å². The van der Waals surface area contributed by atoms with Gasteiger partial charge in [0.15, 0.2) is 11.5 Å². The van der Waals surface area contributed by atoms with Crippen LogP contribution in [0.2, 0.25) is 0 Å². The van der Waals surface area contributed by atoms with Gasteiger partial charge in [-0.3, -0.25) is 0 Å². The van der Waals surface area contributed by atoms with Gasteiger partial charge in [-0.1, -0.05) is 0 Å². The molecule has 0 aromatic heterocycles. The number of rotatable bonds is 6. The van der Waals surface area contributed by atoms with Crippen LogP contribution < -0.4 is 9.47 Å². The van der Waals surface area contributed by atoms with Gasteiger partial charge in [0.2, 0.25) is 0 Å². The molecule has 0 bridgehead atoms. The summed E-state index contributed by atoms with van der Waals surface area (Å²) in [6, 6.07) is 7.42. The molecule has 2 aliphatic heterocycles. The minimum absolute atomic E-state index is 0.454. The van der Waals surface area contributed by atoms with Crippen molar-refractivity contribution in [3.8, 4) is 17.6 Å². The summed E-state index contributed by atoms with van der Waals surface area (Å²) in [5, 5.41) is 8.99. The minimum atomic E-state index is 0.454. The monoisotopic (exact) mass is 360 g/mol. The van der Waals surface area contributed by atoms with Crippen molar-refractivity contribution in [2.75, 3.05) is 59.8 Å². The van der Waals surface area contributed by atoms with Crippen LogP contribution in [0.15, 0.2) is 18.2 Å². The Bertz CT molecular complexity index is 608. The lowest BCUT2D eigenvalue weighted by molar-refractivity contribution is 0.0727. The molecular formula is C20H28N2O4. The molecular weight excluding hydrogens is 332 g/mol. The number of nitriles is 1. The second-order valence-electron chi connectivity index (χ2n) is 7.07. The van der Waals surface area contributed by atoms with E-state index in [1.54, 1.807) is 19.2 Å². The first-order valence-electron chi connectivity index (χ1n) is 9.37. The van der Waals surface area contributed by atoms with Crippen molar-refractivity contribution < 1.29 is 18.9 Å². The van der Waals surface area contributed by atoms with Gasteiger partial charge in [0, 0.05) is 31.0 Å². The van der Waals surface area contributed by atoms with Crippen LogP contribution in [0.3, 0.4) is 0 Å². The number of benzene rings is 1. The maximum Gasteiger partial charge on any atom is 0.162 e. The standard InChI is InChI=1S/C20H28N2O4/c1-23-20-9-16(10-21)4-5-19(20)26-15-17-3-2-6-22(11-17)12-18-13-24-7-8-25-14-18/h4-5,9,17-18H,2-3,6-8,11-15H2,1H3. The Balaban J connectivity index is 1.50. The van der Waals surface area contributed by atoms with E-state index in [0.29, 0.717) is 48.7 Å². The molecule has 1 aromatic rings. The largest absolute Gasteiger partial charge is 0.493 e. The van der Waals surface area contributed by atoms with Crippen molar-refractivity contribution in [2.24, 2.45) is 11.8 Å². The summed E-state index contributed by atoms with van der Waals surface area (Å²) in [5.74, 6) is 2.27. The fourth-order valence-corrected chi connectivity index (χ4v) is 3.65. The van der Waals surface area contributed by atoms with Crippen LogP contribution in [0.5, 0.6) is 11.5 Å². The van der Waals surface area contributed by atoms with E-state index in [1.807, 2.05) is 6.07 Å². The smallest absolute Gasteiger partial charge is 0.162 e. The predicted molar refractivity (Wildman–Crippen MR) is 97.5 cm³/mol. The van der Waals surface area contributed by atoms with Crippen LogP contribution in [0, 0.1) is 23.2 Å². The van der Waals surface area contributed by atoms with Crippen molar-refractivity contribution >= 4 is 0 Å². The summed E-state index contributed by atoms with van der Waals surface area (Å²) in [7, 11) is 1.60. The summed E-state index contributed by atoms with van der Waals surface area (Å²) in [4.78, 5) is 2.51. The van der Waals surface area contributed by atoms with Crippen LogP contribution in [0.25, 0.3) is 0 Å². The highest BCUT2D eigenvalue weighted by Gasteiger charge is 2.24. The Kier molecular flexibility index (Phi) is 7.13. The lowest BCUT2D eigenvalue weighted by atomic mass is 9.98. The van der Waals surface area contributed by atoms with Gasteiger partial charge >= 0.3 is 0 Å². The average Bonchev–Trinajstić information content (AvgIpc) is 2.95. The molecule has 0 N–H and O–H groups in total. The van der Waals surface area contributed by atoms with Crippen molar-refractivity contribution in [3.05, 3.63) is 23.8 Å². The van der Waals surface area contributed by atoms with Crippen molar-refractivity contribution in [1.29, 1.82) is 5.26 Å². The van der Waals surface area contributed by atoms with Gasteiger partial charge in [-0.2, -0.15) is 5.26 Å². The zero-order valence-electron chi connectivity index (χ0n) is 15.5. The predicted octanol–water partition coefficient (Wildman–Crippen LogP) is 2.32. The third-order valence-corrected chi connectivity index (χ3v) is 4.97. The van der Waals surface area contributed by atoms with Crippen molar-refractivity contribution in [3.63, 3.8) is 0 Å². The molecule has 0 radical (unpaired) electrons. The molecule has 6 heteroatoms. The van der Waals surface area contributed by atoms with Crippen molar-refractivity contribution in [2.45, 2.75) is 12.8 Å². The summed E-state index contributed by atoms with van der Waals surface area (Å²) >= 11 is 0. The number of piperidine rings is 1. The second kappa shape index (κ2) is 9.77. The maximum absolute atomic E-state index is 8.99. The molecule has 1 unspecified atom stereocenters. The normalized spacial score (nSPS) is 22.4. The zero-order chi connectivity index (χ0) is 18.2. The van der Waals surface area contributed by atoms with E-state index >= 15 is 0 Å². The Labute approximate surface area is 155 Å². The number of hydrogen-bond acceptors (Lipinski definition) is 6. The molecule has 0 aliphatic carbocycles. The Morgan fingerprint density at radius 2 is 2.00 bits per heavy atom. The first kappa shape index (κ1) is 19.0. The molecule has 0 spiro atoms.